The zero-order valence-corrected chi connectivity index (χ0v) is 18.2. The molecule has 6 nitrogen and oxygen atoms in total. The third-order valence-electron chi connectivity index (χ3n) is 6.71. The van der Waals surface area contributed by atoms with Gasteiger partial charge >= 0.3 is 0 Å². The highest BCUT2D eigenvalue weighted by Crippen LogP contribution is 2.50. The van der Waals surface area contributed by atoms with Gasteiger partial charge < -0.3 is 19.7 Å². The summed E-state index contributed by atoms with van der Waals surface area (Å²) in [5.41, 5.74) is 1.05. The molecule has 1 heterocycles. The van der Waals surface area contributed by atoms with Gasteiger partial charge in [0.25, 0.3) is 5.91 Å². The molecule has 0 spiro atoms. The molecule has 2 aromatic rings. The van der Waals surface area contributed by atoms with E-state index in [1.807, 2.05) is 0 Å². The number of fused-ring (bicyclic) bond motifs is 3. The summed E-state index contributed by atoms with van der Waals surface area (Å²) in [4.78, 5) is 22.4. The Labute approximate surface area is 176 Å². The number of rotatable bonds is 8. The number of hydrogen-bond donors (Lipinski definition) is 3. The lowest BCUT2D eigenvalue weighted by molar-refractivity contribution is 0.0901. The number of phenols is 1. The lowest BCUT2D eigenvalue weighted by Gasteiger charge is -2.31. The van der Waals surface area contributed by atoms with E-state index < -0.39 is 7.37 Å². The molecule has 7 heteroatoms. The first-order chi connectivity index (χ1) is 14.3. The van der Waals surface area contributed by atoms with Crippen LogP contribution in [0.2, 0.25) is 0 Å². The van der Waals surface area contributed by atoms with E-state index in [-0.39, 0.29) is 17.7 Å². The van der Waals surface area contributed by atoms with Crippen molar-refractivity contribution in [3.8, 4) is 5.75 Å². The Kier molecular flexibility index (Phi) is 6.08. The van der Waals surface area contributed by atoms with Gasteiger partial charge in [0.2, 0.25) is 0 Å². The molecule has 2 aliphatic carbocycles. The number of unbranched alkanes of at least 4 members (excludes halogenated alkanes) is 1. The van der Waals surface area contributed by atoms with Gasteiger partial charge in [0, 0.05) is 24.3 Å². The van der Waals surface area contributed by atoms with Crippen molar-refractivity contribution < 1.29 is 23.8 Å². The minimum Gasteiger partial charge on any atom is -0.508 e. The average Bonchev–Trinajstić information content (AvgIpc) is 3.38. The minimum atomic E-state index is -2.92. The lowest BCUT2D eigenvalue weighted by Crippen LogP contribution is -2.43. The summed E-state index contributed by atoms with van der Waals surface area (Å²) in [6, 6.07) is 4.93. The fraction of sp³-hybridized carbons (Fsp3) is 0.522. The zero-order chi connectivity index (χ0) is 21.3. The molecule has 5 atom stereocenters. The molecule has 4 rings (SSSR count). The Morgan fingerprint density at radius 3 is 2.90 bits per heavy atom. The molecule has 2 bridgehead atoms. The first kappa shape index (κ1) is 21.2. The van der Waals surface area contributed by atoms with Gasteiger partial charge in [-0.05, 0) is 74.5 Å². The van der Waals surface area contributed by atoms with Crippen molar-refractivity contribution in [2.24, 2.45) is 17.8 Å². The van der Waals surface area contributed by atoms with Crippen LogP contribution in [0.4, 0.5) is 0 Å². The van der Waals surface area contributed by atoms with Crippen molar-refractivity contribution in [2.75, 3.05) is 12.8 Å². The molecule has 1 aromatic heterocycles. The Bertz CT molecular complexity index is 991. The van der Waals surface area contributed by atoms with Crippen molar-refractivity contribution in [3.05, 3.63) is 42.2 Å². The molecule has 2 saturated carbocycles. The first-order valence-corrected chi connectivity index (χ1v) is 13.1. The van der Waals surface area contributed by atoms with E-state index in [2.05, 4.69) is 17.5 Å². The van der Waals surface area contributed by atoms with Gasteiger partial charge in [-0.3, -0.25) is 9.36 Å². The summed E-state index contributed by atoms with van der Waals surface area (Å²) >= 11 is 0. The first-order valence-electron chi connectivity index (χ1n) is 10.8. The third-order valence-corrected chi connectivity index (χ3v) is 7.85. The van der Waals surface area contributed by atoms with Crippen LogP contribution in [-0.4, -0.2) is 34.8 Å². The van der Waals surface area contributed by atoms with Crippen LogP contribution in [-0.2, 0) is 4.57 Å². The van der Waals surface area contributed by atoms with Gasteiger partial charge in [0.05, 0.1) is 5.56 Å². The SMILES string of the molecule is CP(=O)(O)CCC/C=C\CC1C(NC(=O)c2coc3ccc(O)cc23)[C@H]2CC[C@@H]1C2. The highest BCUT2D eigenvalue weighted by molar-refractivity contribution is 7.57. The maximum Gasteiger partial charge on any atom is 0.255 e. The second-order valence-corrected chi connectivity index (χ2v) is 11.5. The number of benzene rings is 1. The van der Waals surface area contributed by atoms with Crippen LogP contribution in [0.5, 0.6) is 5.75 Å². The van der Waals surface area contributed by atoms with Crippen molar-refractivity contribution >= 4 is 24.2 Å². The number of nitrogens with one attached hydrogen (secondary N) is 1. The van der Waals surface area contributed by atoms with Gasteiger partial charge in [-0.1, -0.05) is 12.2 Å². The highest BCUT2D eigenvalue weighted by atomic mass is 31.2. The maximum absolute atomic E-state index is 13.0. The normalized spacial score (nSPS) is 27.7. The molecule has 2 fully saturated rings. The van der Waals surface area contributed by atoms with Crippen molar-refractivity contribution in [1.82, 2.24) is 5.32 Å². The minimum absolute atomic E-state index is 0.113. The van der Waals surface area contributed by atoms with Crippen LogP contribution >= 0.6 is 7.37 Å². The van der Waals surface area contributed by atoms with Gasteiger partial charge in [0.15, 0.2) is 7.37 Å². The van der Waals surface area contributed by atoms with Crippen LogP contribution in [0.25, 0.3) is 11.0 Å². The number of amides is 1. The molecular formula is C23H30NO5P. The summed E-state index contributed by atoms with van der Waals surface area (Å²) in [6.07, 6.45) is 12.1. The molecule has 2 aliphatic rings. The number of allylic oxidation sites excluding steroid dienone is 2. The summed E-state index contributed by atoms with van der Waals surface area (Å²) in [5.74, 6) is 1.55. The Morgan fingerprint density at radius 1 is 1.30 bits per heavy atom. The molecule has 0 radical (unpaired) electrons. The number of carbonyl (C=O) groups excluding carboxylic acids is 1. The smallest absolute Gasteiger partial charge is 0.255 e. The predicted molar refractivity (Wildman–Crippen MR) is 117 cm³/mol. The number of aromatic hydroxyl groups is 1. The number of furan rings is 1. The summed E-state index contributed by atoms with van der Waals surface area (Å²) in [5, 5.41) is 13.7. The van der Waals surface area contributed by atoms with Crippen LogP contribution in [0.1, 0.15) is 48.9 Å². The Hall–Kier alpha value is -2.04. The molecular weight excluding hydrogens is 401 g/mol. The number of carbonyl (C=O) groups is 1. The molecule has 30 heavy (non-hydrogen) atoms. The number of phenolic OH excluding ortho intramolecular Hbond substituents is 1. The third kappa shape index (κ3) is 4.65. The van der Waals surface area contributed by atoms with Crippen LogP contribution < -0.4 is 5.32 Å². The Balaban J connectivity index is 1.39. The highest BCUT2D eigenvalue weighted by Gasteiger charge is 2.47. The molecule has 0 saturated heterocycles. The second-order valence-electron chi connectivity index (χ2n) is 8.95. The van der Waals surface area contributed by atoms with Crippen molar-refractivity contribution in [2.45, 2.75) is 44.6 Å². The maximum atomic E-state index is 13.0. The summed E-state index contributed by atoms with van der Waals surface area (Å²) < 4.78 is 16.8. The monoisotopic (exact) mass is 431 g/mol. The van der Waals surface area contributed by atoms with Crippen LogP contribution in [0.3, 0.4) is 0 Å². The average molecular weight is 431 g/mol. The predicted octanol–water partition coefficient (Wildman–Crippen LogP) is 4.91. The van der Waals surface area contributed by atoms with Crippen LogP contribution in [0, 0.1) is 17.8 Å². The van der Waals surface area contributed by atoms with Gasteiger partial charge in [0.1, 0.15) is 17.6 Å². The number of hydrogen-bond acceptors (Lipinski definition) is 4. The molecule has 3 N–H and O–H groups in total. The van der Waals surface area contributed by atoms with E-state index in [9.17, 15) is 19.4 Å². The quantitative estimate of drug-likeness (QED) is 0.313. The fourth-order valence-electron chi connectivity index (χ4n) is 5.27. The lowest BCUT2D eigenvalue weighted by atomic mass is 9.82. The Morgan fingerprint density at radius 2 is 2.10 bits per heavy atom. The van der Waals surface area contributed by atoms with Crippen molar-refractivity contribution in [1.29, 1.82) is 0 Å². The van der Waals surface area contributed by atoms with Crippen LogP contribution in [0.15, 0.2) is 41.0 Å². The molecule has 1 aromatic carbocycles. The van der Waals surface area contributed by atoms with E-state index in [0.29, 0.717) is 40.4 Å². The summed E-state index contributed by atoms with van der Waals surface area (Å²) in [6.45, 7) is 1.41. The summed E-state index contributed by atoms with van der Waals surface area (Å²) in [7, 11) is -2.92. The van der Waals surface area contributed by atoms with E-state index in [0.717, 1.165) is 25.7 Å². The molecule has 1 amide bonds. The van der Waals surface area contributed by atoms with E-state index in [1.54, 1.807) is 18.2 Å². The largest absolute Gasteiger partial charge is 0.508 e. The standard InChI is InChI=1S/C23H30NO5P/c1-30(27,28)11-5-3-2-4-6-18-15-7-8-16(12-15)22(18)24-23(26)20-14-29-21-10-9-17(25)13-19(20)21/h2,4,9-10,13-16,18,22,25H,3,5-8,11-12H2,1H3,(H,24,26)(H,27,28)/b4-2-/t15-,16+,18?,22?/m1/s1. The fourth-order valence-corrected chi connectivity index (χ4v) is 6.04. The molecule has 3 unspecified atom stereocenters. The molecule has 0 aliphatic heterocycles. The van der Waals surface area contributed by atoms with E-state index in [4.69, 9.17) is 4.42 Å². The van der Waals surface area contributed by atoms with Gasteiger partial charge in [-0.15, -0.1) is 0 Å². The van der Waals surface area contributed by atoms with Gasteiger partial charge in [-0.25, -0.2) is 0 Å². The van der Waals surface area contributed by atoms with E-state index >= 15 is 0 Å². The van der Waals surface area contributed by atoms with Gasteiger partial charge in [-0.2, -0.15) is 0 Å². The van der Waals surface area contributed by atoms with E-state index in [1.165, 1.54) is 25.8 Å². The second kappa shape index (κ2) is 8.60. The topological polar surface area (TPSA) is 99.8 Å². The molecule has 162 valence electrons. The zero-order valence-electron chi connectivity index (χ0n) is 17.3. The van der Waals surface area contributed by atoms with Crippen molar-refractivity contribution in [3.63, 3.8) is 0 Å².